The molecule has 0 spiro atoms. The van der Waals surface area contributed by atoms with Gasteiger partial charge in [0, 0.05) is 16.7 Å². The summed E-state index contributed by atoms with van der Waals surface area (Å²) in [5, 5.41) is 18.2. The van der Waals surface area contributed by atoms with Crippen LogP contribution >= 0.6 is 0 Å². The van der Waals surface area contributed by atoms with Crippen LogP contribution in [-0.2, 0) is 9.59 Å². The number of para-hydroxylation sites is 1. The molecule has 2 aromatic heterocycles. The Morgan fingerprint density at radius 1 is 0.838 bits per heavy atom. The number of benzene rings is 2. The van der Waals surface area contributed by atoms with Gasteiger partial charge in [0.1, 0.15) is 11.4 Å². The van der Waals surface area contributed by atoms with Crippen LogP contribution in [0.5, 0.6) is 5.88 Å². The molecule has 37 heavy (non-hydrogen) atoms. The lowest BCUT2D eigenvalue weighted by Gasteiger charge is -2.16. The highest BCUT2D eigenvalue weighted by atomic mass is 19.1. The van der Waals surface area contributed by atoms with E-state index in [1.165, 1.54) is 27.4 Å². The maximum absolute atomic E-state index is 14.8. The lowest BCUT2D eigenvalue weighted by atomic mass is 10.0. The number of aryl methyl sites for hydroxylation is 5. The molecule has 8 heteroatoms. The molecule has 0 radical (unpaired) electrons. The van der Waals surface area contributed by atoms with Crippen LogP contribution in [0.4, 0.5) is 10.1 Å². The first-order valence-corrected chi connectivity index (χ1v) is 11.8. The van der Waals surface area contributed by atoms with Crippen molar-refractivity contribution in [2.75, 3.05) is 4.90 Å². The highest BCUT2D eigenvalue weighted by Crippen LogP contribution is 2.39. The number of halogens is 1. The third-order valence-electron chi connectivity index (χ3n) is 6.40. The summed E-state index contributed by atoms with van der Waals surface area (Å²) in [6, 6.07) is 13.1. The second kappa shape index (κ2) is 8.81. The Hall–Kier alpha value is -4.59. The maximum atomic E-state index is 14.8. The van der Waals surface area contributed by atoms with Gasteiger partial charge in [0.05, 0.1) is 17.1 Å². The van der Waals surface area contributed by atoms with Crippen LogP contribution in [0.2, 0.25) is 0 Å². The molecular weight excluding hydrogens is 471 g/mol. The van der Waals surface area contributed by atoms with E-state index < -0.39 is 23.5 Å². The minimum atomic E-state index is -0.780. The minimum Gasteiger partial charge on any atom is -0.858 e. The number of rotatable bonds is 4. The molecule has 0 N–H and O–H groups in total. The van der Waals surface area contributed by atoms with E-state index in [1.54, 1.807) is 31.5 Å². The lowest BCUT2D eigenvalue weighted by molar-refractivity contribution is -0.577. The van der Waals surface area contributed by atoms with E-state index in [9.17, 15) is 19.1 Å². The maximum Gasteiger partial charge on any atom is 0.331 e. The molecule has 2 amide bonds. The molecule has 7 nitrogen and oxygen atoms in total. The van der Waals surface area contributed by atoms with Gasteiger partial charge in [-0.2, -0.15) is 9.67 Å². The molecule has 0 bridgehead atoms. The second-order valence-electron chi connectivity index (χ2n) is 9.39. The average molecular weight is 497 g/mol. The van der Waals surface area contributed by atoms with Crippen molar-refractivity contribution in [2.45, 2.75) is 34.6 Å². The van der Waals surface area contributed by atoms with E-state index in [2.05, 4.69) is 5.10 Å². The molecule has 0 fully saturated rings. The van der Waals surface area contributed by atoms with Crippen LogP contribution in [0, 0.1) is 40.4 Å². The zero-order valence-corrected chi connectivity index (χ0v) is 21.2. The molecule has 0 saturated carbocycles. The number of anilines is 1. The number of pyridine rings is 1. The molecule has 2 aromatic carbocycles. The Labute approximate surface area is 213 Å². The first-order chi connectivity index (χ1) is 17.6. The number of hydrogen-bond acceptors (Lipinski definition) is 4. The van der Waals surface area contributed by atoms with Crippen molar-refractivity contribution in [2.24, 2.45) is 0 Å². The van der Waals surface area contributed by atoms with E-state index in [0.717, 1.165) is 27.2 Å². The molecular formula is C29H25FN4O3. The first-order valence-electron chi connectivity index (χ1n) is 11.8. The highest BCUT2D eigenvalue weighted by Gasteiger charge is 2.48. The third kappa shape index (κ3) is 3.91. The molecule has 0 aliphatic carbocycles. The van der Waals surface area contributed by atoms with Gasteiger partial charge < -0.3 is 5.11 Å². The number of aromatic nitrogens is 3. The predicted molar refractivity (Wildman–Crippen MR) is 135 cm³/mol. The Bertz CT molecular complexity index is 1630. The van der Waals surface area contributed by atoms with Gasteiger partial charge in [0.2, 0.25) is 0 Å². The summed E-state index contributed by atoms with van der Waals surface area (Å²) in [4.78, 5) is 28.5. The van der Waals surface area contributed by atoms with E-state index in [0.29, 0.717) is 11.4 Å². The Kier molecular flexibility index (Phi) is 5.75. The number of nitrogens with zero attached hydrogens (tertiary/aromatic N) is 4. The summed E-state index contributed by atoms with van der Waals surface area (Å²) in [6.07, 6.45) is 3.40. The summed E-state index contributed by atoms with van der Waals surface area (Å²) < 4.78 is 17.6. The van der Waals surface area contributed by atoms with Crippen LogP contribution in [0.25, 0.3) is 17.0 Å². The normalized spacial score (nSPS) is 13.7. The Balaban J connectivity index is 1.79. The fraction of sp³-hybridized carbons (Fsp3) is 0.172. The van der Waals surface area contributed by atoms with Crippen molar-refractivity contribution < 1.29 is 23.7 Å². The molecule has 0 unspecified atom stereocenters. The van der Waals surface area contributed by atoms with Crippen LogP contribution in [0.15, 0.2) is 60.9 Å². The summed E-state index contributed by atoms with van der Waals surface area (Å²) in [5.74, 6) is -2.76. The summed E-state index contributed by atoms with van der Waals surface area (Å²) >= 11 is 0. The summed E-state index contributed by atoms with van der Waals surface area (Å²) in [5.41, 5.74) is 4.13. The van der Waals surface area contributed by atoms with Crippen molar-refractivity contribution in [3.05, 3.63) is 100 Å². The smallest absolute Gasteiger partial charge is 0.331 e. The Morgan fingerprint density at radius 2 is 1.51 bits per heavy atom. The zero-order valence-electron chi connectivity index (χ0n) is 21.2. The molecule has 4 aromatic rings. The Morgan fingerprint density at radius 3 is 2.16 bits per heavy atom. The van der Waals surface area contributed by atoms with Gasteiger partial charge in [-0.25, -0.2) is 14.0 Å². The van der Waals surface area contributed by atoms with E-state index in [-0.39, 0.29) is 22.5 Å². The molecule has 1 aliphatic rings. The van der Waals surface area contributed by atoms with E-state index in [4.69, 9.17) is 0 Å². The van der Waals surface area contributed by atoms with Crippen molar-refractivity contribution in [1.82, 2.24) is 9.78 Å². The fourth-order valence-corrected chi connectivity index (χ4v) is 4.87. The van der Waals surface area contributed by atoms with Crippen molar-refractivity contribution >= 4 is 28.8 Å². The number of hydrogen-bond donors (Lipinski definition) is 0. The van der Waals surface area contributed by atoms with Crippen LogP contribution in [0.1, 0.15) is 33.5 Å². The van der Waals surface area contributed by atoms with Gasteiger partial charge in [-0.05, 0) is 70.3 Å². The van der Waals surface area contributed by atoms with Gasteiger partial charge in [-0.3, -0.25) is 9.59 Å². The van der Waals surface area contributed by atoms with Crippen LogP contribution in [-0.4, -0.2) is 21.6 Å². The standard InChI is InChI=1S/C29H25FN4O3/c1-16-10-11-22(19(4)13-16)34-28(36)24(20(5)31-34)25-26(32-14-17(2)12-18(3)15-32)29(37)33(27(25)35)23-9-7-6-8-21(23)30/h6-15H,1-5H3. The first kappa shape index (κ1) is 24.1. The van der Waals surface area contributed by atoms with Crippen molar-refractivity contribution in [3.8, 4) is 11.6 Å². The minimum absolute atomic E-state index is 0.0128. The highest BCUT2D eigenvalue weighted by molar-refractivity contribution is 6.53. The van der Waals surface area contributed by atoms with Gasteiger partial charge in [0.25, 0.3) is 11.6 Å². The SMILES string of the molecule is Cc1ccc(-n2nc(C)c(C3=C([n+]4cc(C)cc(C)c4)C(=O)N(c4ccccc4F)C3=O)c2[O-])c(C)c1. The number of carbonyl (C=O) groups excluding carboxylic acids is 2. The molecule has 0 atom stereocenters. The largest absolute Gasteiger partial charge is 0.858 e. The summed E-state index contributed by atoms with van der Waals surface area (Å²) in [6.45, 7) is 9.17. The van der Waals surface area contributed by atoms with E-state index in [1.807, 2.05) is 45.9 Å². The molecule has 5 rings (SSSR count). The van der Waals surface area contributed by atoms with Gasteiger partial charge in [0.15, 0.2) is 12.4 Å². The van der Waals surface area contributed by atoms with Gasteiger partial charge in [-0.15, -0.1) is 0 Å². The monoisotopic (exact) mass is 496 g/mol. The fourth-order valence-electron chi connectivity index (χ4n) is 4.87. The molecule has 0 saturated heterocycles. The average Bonchev–Trinajstić information content (AvgIpc) is 3.24. The van der Waals surface area contributed by atoms with Crippen molar-refractivity contribution in [3.63, 3.8) is 0 Å². The quantitative estimate of drug-likeness (QED) is 0.317. The molecule has 3 heterocycles. The number of amides is 2. The predicted octanol–water partition coefficient (Wildman–Crippen LogP) is 3.86. The van der Waals surface area contributed by atoms with Crippen molar-refractivity contribution in [1.29, 1.82) is 0 Å². The third-order valence-corrected chi connectivity index (χ3v) is 6.40. The van der Waals surface area contributed by atoms with Crippen LogP contribution < -0.4 is 14.6 Å². The zero-order chi connectivity index (χ0) is 26.6. The van der Waals surface area contributed by atoms with Gasteiger partial charge in [-0.1, -0.05) is 29.8 Å². The van der Waals surface area contributed by atoms with Gasteiger partial charge >= 0.3 is 5.91 Å². The molecule has 1 aliphatic heterocycles. The molecule has 186 valence electrons. The lowest BCUT2D eigenvalue weighted by Crippen LogP contribution is -2.40. The number of imide groups is 1. The second-order valence-corrected chi connectivity index (χ2v) is 9.39. The summed E-state index contributed by atoms with van der Waals surface area (Å²) in [7, 11) is 0. The number of carbonyl (C=O) groups is 2. The van der Waals surface area contributed by atoms with Crippen LogP contribution in [0.3, 0.4) is 0 Å². The van der Waals surface area contributed by atoms with E-state index >= 15 is 0 Å². The topological polar surface area (TPSA) is 82.1 Å².